The Morgan fingerprint density at radius 1 is 0.917 bits per heavy atom. The fourth-order valence-electron chi connectivity index (χ4n) is 4.34. The molecule has 0 aromatic heterocycles. The van der Waals surface area contributed by atoms with Crippen molar-refractivity contribution < 1.29 is 19.1 Å². The Bertz CT molecular complexity index is 972. The molecule has 1 saturated heterocycles. The third-order valence-electron chi connectivity index (χ3n) is 6.37. The molecule has 0 amide bonds. The maximum absolute atomic E-state index is 12.3. The fraction of sp³-hybridized carbons (Fsp3) is 0.517. The number of likely N-dealkylation sites (tertiary alicyclic amines) is 1. The molecular formula is C29H39ClN2O4. The van der Waals surface area contributed by atoms with Crippen LogP contribution in [0.4, 0.5) is 5.69 Å². The number of carbonyl (C=O) groups excluding carboxylic acids is 2. The van der Waals surface area contributed by atoms with E-state index >= 15 is 0 Å². The van der Waals surface area contributed by atoms with Crippen LogP contribution in [0, 0.1) is 0 Å². The molecule has 1 aliphatic rings. The van der Waals surface area contributed by atoms with Gasteiger partial charge in [0.1, 0.15) is 0 Å². The van der Waals surface area contributed by atoms with E-state index in [-0.39, 0.29) is 24.8 Å². The number of esters is 2. The quantitative estimate of drug-likeness (QED) is 0.358. The molecule has 1 N–H and O–H groups in total. The van der Waals surface area contributed by atoms with Gasteiger partial charge in [0.2, 0.25) is 0 Å². The van der Waals surface area contributed by atoms with E-state index in [4.69, 9.17) is 21.1 Å². The second kappa shape index (κ2) is 14.9. The summed E-state index contributed by atoms with van der Waals surface area (Å²) in [5.74, 6) is -0.459. The van der Waals surface area contributed by atoms with Crippen LogP contribution in [0.15, 0.2) is 42.5 Å². The summed E-state index contributed by atoms with van der Waals surface area (Å²) < 4.78 is 10.6. The summed E-state index contributed by atoms with van der Waals surface area (Å²) in [5, 5.41) is 4.44. The molecule has 2 aromatic rings. The first-order valence-corrected chi connectivity index (χ1v) is 13.5. The van der Waals surface area contributed by atoms with Gasteiger partial charge in [-0.05, 0) is 67.0 Å². The van der Waals surface area contributed by atoms with Gasteiger partial charge in [-0.3, -0.25) is 9.59 Å². The Balaban J connectivity index is 1.59. The molecule has 0 spiro atoms. The van der Waals surface area contributed by atoms with Gasteiger partial charge in [-0.15, -0.1) is 0 Å². The van der Waals surface area contributed by atoms with E-state index in [0.717, 1.165) is 73.6 Å². The van der Waals surface area contributed by atoms with Crippen LogP contribution in [0.2, 0.25) is 5.02 Å². The van der Waals surface area contributed by atoms with Gasteiger partial charge in [-0.25, -0.2) is 0 Å². The monoisotopic (exact) mass is 514 g/mol. The third-order valence-corrected chi connectivity index (χ3v) is 6.62. The topological polar surface area (TPSA) is 67.9 Å². The van der Waals surface area contributed by atoms with E-state index in [1.165, 1.54) is 5.56 Å². The maximum Gasteiger partial charge on any atom is 0.310 e. The lowest BCUT2D eigenvalue weighted by Gasteiger charge is -2.33. The molecule has 1 heterocycles. The van der Waals surface area contributed by atoms with Gasteiger partial charge in [0.05, 0.1) is 26.1 Å². The number of anilines is 1. The van der Waals surface area contributed by atoms with Crippen molar-refractivity contribution in [3.8, 4) is 0 Å². The second-order valence-corrected chi connectivity index (χ2v) is 9.86. The molecule has 2 aromatic carbocycles. The zero-order valence-corrected chi connectivity index (χ0v) is 22.3. The molecule has 0 atom stereocenters. The Kier molecular flexibility index (Phi) is 11.6. The summed E-state index contributed by atoms with van der Waals surface area (Å²) in [6, 6.07) is 14.2. The highest BCUT2D eigenvalue weighted by Gasteiger charge is 2.21. The van der Waals surface area contributed by atoms with Crippen LogP contribution in [0.5, 0.6) is 0 Å². The number of nitrogens with zero attached hydrogens (tertiary/aromatic N) is 1. The summed E-state index contributed by atoms with van der Waals surface area (Å²) in [7, 11) is 0. The summed E-state index contributed by atoms with van der Waals surface area (Å²) in [6.45, 7) is 7.88. The molecule has 36 heavy (non-hydrogen) atoms. The van der Waals surface area contributed by atoms with Crippen molar-refractivity contribution in [3.63, 3.8) is 0 Å². The molecule has 196 valence electrons. The average molecular weight is 515 g/mol. The molecule has 1 fully saturated rings. The summed E-state index contributed by atoms with van der Waals surface area (Å²) >= 11 is 5.99. The number of nitrogens with one attached hydrogen (secondary N) is 1. The molecule has 7 heteroatoms. The predicted molar refractivity (Wildman–Crippen MR) is 145 cm³/mol. The first-order chi connectivity index (χ1) is 17.5. The maximum atomic E-state index is 12.3. The number of benzene rings is 2. The second-order valence-electron chi connectivity index (χ2n) is 9.42. The molecule has 0 radical (unpaired) electrons. The highest BCUT2D eigenvalue weighted by molar-refractivity contribution is 6.30. The number of hydrogen-bond acceptors (Lipinski definition) is 6. The third kappa shape index (κ3) is 9.47. The Morgan fingerprint density at radius 3 is 2.17 bits per heavy atom. The Hall–Kier alpha value is -2.57. The first-order valence-electron chi connectivity index (χ1n) is 13.1. The normalized spacial score (nSPS) is 14.4. The Labute approximate surface area is 220 Å². The minimum atomic E-state index is -0.230. The van der Waals surface area contributed by atoms with E-state index in [1.54, 1.807) is 0 Å². The van der Waals surface area contributed by atoms with Gasteiger partial charge in [0.25, 0.3) is 0 Å². The zero-order valence-electron chi connectivity index (χ0n) is 21.6. The standard InChI is InChI=1S/C29H39ClN2O4/c1-3-17-35-28(33)20-23-5-8-24(21-29(34)36-18-4-2)27(19-23)31-26-12-15-32(16-13-26)14-11-22-6-9-25(30)10-7-22/h5-10,19,26,31H,3-4,11-18,20-21H2,1-2H3. The van der Waals surface area contributed by atoms with Crippen molar-refractivity contribution in [1.82, 2.24) is 4.90 Å². The van der Waals surface area contributed by atoms with Crippen LogP contribution in [0.1, 0.15) is 56.2 Å². The van der Waals surface area contributed by atoms with E-state index < -0.39 is 0 Å². The number of piperidine rings is 1. The molecule has 0 unspecified atom stereocenters. The molecule has 1 aliphatic heterocycles. The average Bonchev–Trinajstić information content (AvgIpc) is 2.88. The van der Waals surface area contributed by atoms with Crippen LogP contribution in [-0.2, 0) is 38.3 Å². The van der Waals surface area contributed by atoms with Crippen molar-refractivity contribution in [3.05, 3.63) is 64.2 Å². The van der Waals surface area contributed by atoms with Crippen molar-refractivity contribution in [2.75, 3.05) is 38.2 Å². The van der Waals surface area contributed by atoms with Crippen LogP contribution in [0.3, 0.4) is 0 Å². The highest BCUT2D eigenvalue weighted by Crippen LogP contribution is 2.24. The number of ether oxygens (including phenoxy) is 2. The van der Waals surface area contributed by atoms with Crippen molar-refractivity contribution in [2.24, 2.45) is 0 Å². The van der Waals surface area contributed by atoms with Crippen molar-refractivity contribution in [1.29, 1.82) is 0 Å². The molecule has 6 nitrogen and oxygen atoms in total. The summed E-state index contributed by atoms with van der Waals surface area (Å²) in [4.78, 5) is 26.9. The van der Waals surface area contributed by atoms with Gasteiger partial charge in [0, 0.05) is 36.4 Å². The minimum Gasteiger partial charge on any atom is -0.465 e. The van der Waals surface area contributed by atoms with Crippen molar-refractivity contribution in [2.45, 2.75) is 64.8 Å². The SMILES string of the molecule is CCCOC(=O)Cc1ccc(CC(=O)OCCC)c(NC2CCN(CCc3ccc(Cl)cc3)CC2)c1. The summed E-state index contributed by atoms with van der Waals surface area (Å²) in [5.41, 5.74) is 3.98. The first kappa shape index (κ1) is 28.0. The number of halogens is 1. The van der Waals surface area contributed by atoms with Gasteiger partial charge in [0.15, 0.2) is 0 Å². The van der Waals surface area contributed by atoms with E-state index in [1.807, 2.05) is 44.2 Å². The molecule has 0 saturated carbocycles. The number of rotatable bonds is 13. The van der Waals surface area contributed by atoms with Gasteiger partial charge in [-0.2, -0.15) is 0 Å². The summed E-state index contributed by atoms with van der Waals surface area (Å²) in [6.07, 6.45) is 5.07. The van der Waals surface area contributed by atoms with E-state index in [9.17, 15) is 9.59 Å². The predicted octanol–water partition coefficient (Wildman–Crippen LogP) is 5.45. The largest absolute Gasteiger partial charge is 0.465 e. The van der Waals surface area contributed by atoms with Gasteiger partial charge < -0.3 is 19.7 Å². The minimum absolute atomic E-state index is 0.211. The van der Waals surface area contributed by atoms with Crippen LogP contribution in [-0.4, -0.2) is 55.7 Å². The highest BCUT2D eigenvalue weighted by atomic mass is 35.5. The lowest BCUT2D eigenvalue weighted by atomic mass is 10.0. The number of carbonyl (C=O) groups is 2. The molecule has 0 bridgehead atoms. The van der Waals surface area contributed by atoms with Crippen LogP contribution >= 0.6 is 11.6 Å². The zero-order chi connectivity index (χ0) is 25.8. The van der Waals surface area contributed by atoms with Crippen LogP contribution < -0.4 is 5.32 Å². The van der Waals surface area contributed by atoms with Crippen molar-refractivity contribution >= 4 is 29.2 Å². The smallest absolute Gasteiger partial charge is 0.310 e. The van der Waals surface area contributed by atoms with Gasteiger partial charge in [-0.1, -0.05) is 49.7 Å². The Morgan fingerprint density at radius 2 is 1.53 bits per heavy atom. The lowest BCUT2D eigenvalue weighted by molar-refractivity contribution is -0.143. The van der Waals surface area contributed by atoms with Crippen LogP contribution in [0.25, 0.3) is 0 Å². The van der Waals surface area contributed by atoms with E-state index in [0.29, 0.717) is 19.3 Å². The molecule has 0 aliphatic carbocycles. The lowest BCUT2D eigenvalue weighted by Crippen LogP contribution is -2.40. The number of hydrogen-bond donors (Lipinski definition) is 1. The fourth-order valence-corrected chi connectivity index (χ4v) is 4.46. The van der Waals surface area contributed by atoms with Gasteiger partial charge >= 0.3 is 11.9 Å². The molecule has 3 rings (SSSR count). The molecular weight excluding hydrogens is 476 g/mol. The van der Waals surface area contributed by atoms with E-state index in [2.05, 4.69) is 22.3 Å².